The molecule has 1 unspecified atom stereocenters. The van der Waals surface area contributed by atoms with Crippen LogP contribution in [0.1, 0.15) is 13.8 Å². The van der Waals surface area contributed by atoms with Crippen molar-refractivity contribution in [2.45, 2.75) is 19.9 Å². The molecule has 1 N–H and O–H groups in total. The number of amides is 1. The van der Waals surface area contributed by atoms with Crippen molar-refractivity contribution < 1.29 is 4.79 Å². The zero-order chi connectivity index (χ0) is 13.8. The van der Waals surface area contributed by atoms with Gasteiger partial charge in [0.2, 0.25) is 5.91 Å². The Morgan fingerprint density at radius 3 is 2.74 bits per heavy atom. The molecule has 0 fully saturated rings. The Balaban J connectivity index is 2.15. The molecule has 0 aliphatic carbocycles. The summed E-state index contributed by atoms with van der Waals surface area (Å²) in [6.45, 7) is 4.46. The number of para-hydroxylation sites is 2. The zero-order valence-electron chi connectivity index (χ0n) is 11.4. The Morgan fingerprint density at radius 1 is 1.37 bits per heavy atom. The van der Waals surface area contributed by atoms with E-state index in [2.05, 4.69) is 15.3 Å². The molecule has 0 saturated heterocycles. The van der Waals surface area contributed by atoms with Crippen LogP contribution in [0, 0.1) is 0 Å². The quantitative estimate of drug-likeness (QED) is 0.910. The van der Waals surface area contributed by atoms with Crippen LogP contribution in [0.5, 0.6) is 0 Å². The van der Waals surface area contributed by atoms with E-state index in [1.165, 1.54) is 0 Å². The summed E-state index contributed by atoms with van der Waals surface area (Å²) in [5.74, 6) is 0.654. The normalized spacial score (nSPS) is 12.2. The maximum Gasteiger partial charge on any atom is 0.244 e. The van der Waals surface area contributed by atoms with E-state index in [4.69, 9.17) is 0 Å². The van der Waals surface area contributed by atoms with Crippen LogP contribution in [0.4, 0.5) is 5.82 Å². The van der Waals surface area contributed by atoms with E-state index >= 15 is 0 Å². The third-order valence-corrected chi connectivity index (χ3v) is 3.03. The topological polar surface area (TPSA) is 58.1 Å². The summed E-state index contributed by atoms with van der Waals surface area (Å²) in [6, 6.07) is 7.33. The number of hydrogen-bond donors (Lipinski definition) is 1. The predicted molar refractivity (Wildman–Crippen MR) is 75.9 cm³/mol. The number of fused-ring (bicyclic) bond motifs is 1. The van der Waals surface area contributed by atoms with Crippen LogP contribution in [-0.4, -0.2) is 40.4 Å². The number of carbonyl (C=O) groups is 1. The molecule has 0 aliphatic heterocycles. The van der Waals surface area contributed by atoms with Gasteiger partial charge in [0.1, 0.15) is 11.9 Å². The van der Waals surface area contributed by atoms with Crippen LogP contribution in [0.15, 0.2) is 30.5 Å². The molecule has 5 nitrogen and oxygen atoms in total. The summed E-state index contributed by atoms with van der Waals surface area (Å²) in [7, 11) is 1.78. The third kappa shape index (κ3) is 2.99. The summed E-state index contributed by atoms with van der Waals surface area (Å²) < 4.78 is 0. The second-order valence-corrected chi connectivity index (χ2v) is 4.46. The summed E-state index contributed by atoms with van der Waals surface area (Å²) in [4.78, 5) is 22.4. The average Bonchev–Trinajstić information content (AvgIpc) is 2.45. The van der Waals surface area contributed by atoms with Crippen molar-refractivity contribution in [1.82, 2.24) is 14.9 Å². The highest BCUT2D eigenvalue weighted by molar-refractivity contribution is 5.84. The maximum absolute atomic E-state index is 12.0. The van der Waals surface area contributed by atoms with Crippen molar-refractivity contribution >= 4 is 22.8 Å². The highest BCUT2D eigenvalue weighted by atomic mass is 16.2. The smallest absolute Gasteiger partial charge is 0.244 e. The molecule has 2 rings (SSSR count). The first-order valence-corrected chi connectivity index (χ1v) is 6.35. The SMILES string of the molecule is CCN(C)C(=O)C(C)Nc1cnc2ccccc2n1. The Kier molecular flexibility index (Phi) is 3.94. The van der Waals surface area contributed by atoms with Gasteiger partial charge in [-0.1, -0.05) is 12.1 Å². The minimum absolute atomic E-state index is 0.0393. The van der Waals surface area contributed by atoms with Gasteiger partial charge in [0.15, 0.2) is 0 Å². The van der Waals surface area contributed by atoms with E-state index in [9.17, 15) is 4.79 Å². The minimum atomic E-state index is -0.319. The maximum atomic E-state index is 12.0. The van der Waals surface area contributed by atoms with E-state index in [0.717, 1.165) is 11.0 Å². The molecule has 0 bridgehead atoms. The van der Waals surface area contributed by atoms with Gasteiger partial charge in [0.05, 0.1) is 17.2 Å². The van der Waals surface area contributed by atoms with Crippen LogP contribution in [-0.2, 0) is 4.79 Å². The number of hydrogen-bond acceptors (Lipinski definition) is 4. The minimum Gasteiger partial charge on any atom is -0.357 e. The van der Waals surface area contributed by atoms with Gasteiger partial charge in [-0.15, -0.1) is 0 Å². The molecular formula is C14H18N4O. The molecule has 100 valence electrons. The molecule has 5 heteroatoms. The third-order valence-electron chi connectivity index (χ3n) is 3.03. The first kappa shape index (κ1) is 13.3. The fraction of sp³-hybridized carbons (Fsp3) is 0.357. The lowest BCUT2D eigenvalue weighted by Crippen LogP contribution is -2.39. The number of likely N-dealkylation sites (N-methyl/N-ethyl adjacent to an activating group) is 1. The molecule has 1 aromatic heterocycles. The molecule has 1 aromatic carbocycles. The van der Waals surface area contributed by atoms with Gasteiger partial charge in [-0.25, -0.2) is 4.98 Å². The number of rotatable bonds is 4. The van der Waals surface area contributed by atoms with Gasteiger partial charge in [-0.05, 0) is 26.0 Å². The van der Waals surface area contributed by atoms with E-state index in [0.29, 0.717) is 12.4 Å². The molecule has 0 aliphatic rings. The second kappa shape index (κ2) is 5.65. The molecule has 0 saturated carbocycles. The van der Waals surface area contributed by atoms with Crippen LogP contribution in [0.2, 0.25) is 0 Å². The molecule has 1 amide bonds. The zero-order valence-corrected chi connectivity index (χ0v) is 11.4. The lowest BCUT2D eigenvalue weighted by molar-refractivity contribution is -0.130. The highest BCUT2D eigenvalue weighted by Crippen LogP contribution is 2.12. The molecular weight excluding hydrogens is 240 g/mol. The van der Waals surface area contributed by atoms with Gasteiger partial charge in [-0.3, -0.25) is 9.78 Å². The van der Waals surface area contributed by atoms with Gasteiger partial charge < -0.3 is 10.2 Å². The van der Waals surface area contributed by atoms with Crippen LogP contribution in [0.3, 0.4) is 0 Å². The van der Waals surface area contributed by atoms with E-state index in [-0.39, 0.29) is 11.9 Å². The molecule has 19 heavy (non-hydrogen) atoms. The molecule has 0 radical (unpaired) electrons. The van der Waals surface area contributed by atoms with Crippen molar-refractivity contribution in [1.29, 1.82) is 0 Å². The highest BCUT2D eigenvalue weighted by Gasteiger charge is 2.16. The summed E-state index contributed by atoms with van der Waals surface area (Å²) in [6.07, 6.45) is 1.65. The number of nitrogens with one attached hydrogen (secondary N) is 1. The van der Waals surface area contributed by atoms with Crippen molar-refractivity contribution in [3.8, 4) is 0 Å². The molecule has 2 aromatic rings. The van der Waals surface area contributed by atoms with Crippen molar-refractivity contribution in [3.05, 3.63) is 30.5 Å². The summed E-state index contributed by atoms with van der Waals surface area (Å²) in [5.41, 5.74) is 1.66. The van der Waals surface area contributed by atoms with Crippen LogP contribution < -0.4 is 5.32 Å². The van der Waals surface area contributed by atoms with Crippen LogP contribution >= 0.6 is 0 Å². The van der Waals surface area contributed by atoms with Crippen LogP contribution in [0.25, 0.3) is 11.0 Å². The first-order chi connectivity index (χ1) is 9.11. The Morgan fingerprint density at radius 2 is 2.05 bits per heavy atom. The Hall–Kier alpha value is -2.17. The number of carbonyl (C=O) groups excluding carboxylic acids is 1. The Labute approximate surface area is 112 Å². The molecule has 1 atom stereocenters. The lowest BCUT2D eigenvalue weighted by atomic mass is 10.3. The second-order valence-electron chi connectivity index (χ2n) is 4.46. The van der Waals surface area contributed by atoms with Gasteiger partial charge in [0.25, 0.3) is 0 Å². The first-order valence-electron chi connectivity index (χ1n) is 6.35. The van der Waals surface area contributed by atoms with E-state index < -0.39 is 0 Å². The Bertz CT molecular complexity index is 584. The average molecular weight is 258 g/mol. The fourth-order valence-corrected chi connectivity index (χ4v) is 1.80. The summed E-state index contributed by atoms with van der Waals surface area (Å²) >= 11 is 0. The van der Waals surface area contributed by atoms with E-state index in [1.54, 1.807) is 18.1 Å². The van der Waals surface area contributed by atoms with Crippen molar-refractivity contribution in [2.75, 3.05) is 18.9 Å². The number of aromatic nitrogens is 2. The molecule has 0 spiro atoms. The van der Waals surface area contributed by atoms with E-state index in [1.807, 2.05) is 38.1 Å². The monoisotopic (exact) mass is 258 g/mol. The van der Waals surface area contributed by atoms with Gasteiger partial charge >= 0.3 is 0 Å². The predicted octanol–water partition coefficient (Wildman–Crippen LogP) is 1.91. The number of benzene rings is 1. The fourth-order valence-electron chi connectivity index (χ4n) is 1.80. The number of nitrogens with zero attached hydrogens (tertiary/aromatic N) is 3. The lowest BCUT2D eigenvalue weighted by Gasteiger charge is -2.20. The van der Waals surface area contributed by atoms with Crippen molar-refractivity contribution in [3.63, 3.8) is 0 Å². The molecule has 1 heterocycles. The van der Waals surface area contributed by atoms with Gasteiger partial charge in [0, 0.05) is 13.6 Å². The largest absolute Gasteiger partial charge is 0.357 e. The summed E-state index contributed by atoms with van der Waals surface area (Å²) in [5, 5.41) is 3.08. The van der Waals surface area contributed by atoms with Gasteiger partial charge in [-0.2, -0.15) is 0 Å². The standard InChI is InChI=1S/C14H18N4O/c1-4-18(3)14(19)10(2)16-13-9-15-11-7-5-6-8-12(11)17-13/h5-10H,4H2,1-3H3,(H,16,17). The number of anilines is 1. The van der Waals surface area contributed by atoms with Crippen molar-refractivity contribution in [2.24, 2.45) is 0 Å².